The predicted octanol–water partition coefficient (Wildman–Crippen LogP) is 3.69. The Kier molecular flexibility index (Phi) is 5.05. The van der Waals surface area contributed by atoms with Crippen molar-refractivity contribution in [1.29, 1.82) is 0 Å². The Morgan fingerprint density at radius 2 is 1.91 bits per heavy atom. The summed E-state index contributed by atoms with van der Waals surface area (Å²) in [4.78, 5) is 23.7. The zero-order chi connectivity index (χ0) is 17.0. The smallest absolute Gasteiger partial charge is 0.331 e. The van der Waals surface area contributed by atoms with E-state index in [2.05, 4.69) is 0 Å². The molecule has 0 fully saturated rings. The van der Waals surface area contributed by atoms with Crippen molar-refractivity contribution in [1.82, 2.24) is 0 Å². The van der Waals surface area contributed by atoms with Gasteiger partial charge in [-0.1, -0.05) is 0 Å². The summed E-state index contributed by atoms with van der Waals surface area (Å²) in [5.74, 6) is -2.40. The number of rotatable bonds is 5. The number of carbonyl (C=O) groups excluding carboxylic acids is 2. The second kappa shape index (κ2) is 7.00. The maximum absolute atomic E-state index is 13.1. The molecule has 4 nitrogen and oxygen atoms in total. The van der Waals surface area contributed by atoms with E-state index in [0.717, 1.165) is 24.3 Å². The first-order valence-electron chi connectivity index (χ1n) is 6.81. The summed E-state index contributed by atoms with van der Waals surface area (Å²) in [6.07, 6.45) is 1.40. The summed E-state index contributed by atoms with van der Waals surface area (Å²) in [7, 11) is 0. The molecule has 23 heavy (non-hydrogen) atoms. The number of furan rings is 1. The van der Waals surface area contributed by atoms with Crippen molar-refractivity contribution in [3.8, 4) is 0 Å². The van der Waals surface area contributed by atoms with E-state index in [0.29, 0.717) is 11.5 Å². The fourth-order valence-electron chi connectivity index (χ4n) is 1.84. The Bertz CT molecular complexity index is 762. The molecule has 1 heterocycles. The van der Waals surface area contributed by atoms with Gasteiger partial charge in [-0.05, 0) is 50.3 Å². The number of carbonyl (C=O) groups is 2. The third-order valence-electron chi connectivity index (χ3n) is 3.01. The molecule has 0 spiro atoms. The average Bonchev–Trinajstić information content (AvgIpc) is 2.93. The van der Waals surface area contributed by atoms with Gasteiger partial charge in [-0.2, -0.15) is 0 Å². The van der Waals surface area contributed by atoms with Gasteiger partial charge in [0.2, 0.25) is 5.78 Å². The molecule has 0 aliphatic rings. The van der Waals surface area contributed by atoms with E-state index in [4.69, 9.17) is 9.15 Å². The number of aryl methyl sites for hydroxylation is 1. The second-order valence-corrected chi connectivity index (χ2v) is 4.85. The molecule has 1 aromatic carbocycles. The van der Waals surface area contributed by atoms with E-state index in [9.17, 15) is 18.4 Å². The van der Waals surface area contributed by atoms with Gasteiger partial charge in [-0.25, -0.2) is 13.6 Å². The molecule has 0 amide bonds. The van der Waals surface area contributed by atoms with Gasteiger partial charge in [0.15, 0.2) is 17.7 Å². The molecule has 6 heteroatoms. The minimum absolute atomic E-state index is 0.0742. The number of ether oxygens (including phenoxy) is 1. The second-order valence-electron chi connectivity index (χ2n) is 4.85. The lowest BCUT2D eigenvalue weighted by Crippen LogP contribution is -2.23. The van der Waals surface area contributed by atoms with Crippen LogP contribution in [0.3, 0.4) is 0 Å². The maximum Gasteiger partial charge on any atom is 0.331 e. The van der Waals surface area contributed by atoms with Crippen LogP contribution in [0.15, 0.2) is 40.8 Å². The number of ketones is 1. The molecule has 1 unspecified atom stereocenters. The summed E-state index contributed by atoms with van der Waals surface area (Å²) >= 11 is 0. The van der Waals surface area contributed by atoms with Crippen molar-refractivity contribution < 1.29 is 27.5 Å². The van der Waals surface area contributed by atoms with Crippen LogP contribution in [-0.4, -0.2) is 17.9 Å². The summed E-state index contributed by atoms with van der Waals surface area (Å²) in [5, 5.41) is 0. The lowest BCUT2D eigenvalue weighted by Gasteiger charge is -2.10. The summed E-state index contributed by atoms with van der Waals surface area (Å²) in [6.45, 7) is 3.12. The van der Waals surface area contributed by atoms with Crippen LogP contribution in [0.2, 0.25) is 0 Å². The molecule has 1 atom stereocenters. The van der Waals surface area contributed by atoms with Gasteiger partial charge in [0.25, 0.3) is 0 Å². The molecule has 2 rings (SSSR count). The van der Waals surface area contributed by atoms with Gasteiger partial charge in [0.1, 0.15) is 11.5 Å². The first-order valence-corrected chi connectivity index (χ1v) is 6.81. The highest BCUT2D eigenvalue weighted by Crippen LogP contribution is 2.13. The molecular weight excluding hydrogens is 306 g/mol. The molecule has 2 aromatic rings. The number of halogens is 2. The lowest BCUT2D eigenvalue weighted by atomic mass is 10.1. The fraction of sp³-hybridized carbons (Fsp3) is 0.176. The minimum atomic E-state index is -1.14. The zero-order valence-corrected chi connectivity index (χ0v) is 12.5. The van der Waals surface area contributed by atoms with Gasteiger partial charge >= 0.3 is 5.97 Å². The van der Waals surface area contributed by atoms with Gasteiger partial charge in [0, 0.05) is 11.6 Å². The van der Waals surface area contributed by atoms with Crippen LogP contribution in [0.25, 0.3) is 6.08 Å². The van der Waals surface area contributed by atoms with E-state index in [1.165, 1.54) is 13.0 Å². The van der Waals surface area contributed by atoms with Crippen molar-refractivity contribution in [2.24, 2.45) is 0 Å². The van der Waals surface area contributed by atoms with E-state index in [-0.39, 0.29) is 5.56 Å². The molecule has 0 radical (unpaired) electrons. The van der Waals surface area contributed by atoms with Crippen molar-refractivity contribution in [3.05, 3.63) is 65.1 Å². The average molecular weight is 320 g/mol. The molecule has 120 valence electrons. The first kappa shape index (κ1) is 16.6. The Morgan fingerprint density at radius 3 is 2.52 bits per heavy atom. The Morgan fingerprint density at radius 1 is 1.17 bits per heavy atom. The van der Waals surface area contributed by atoms with E-state index < -0.39 is 29.5 Å². The Labute approximate surface area is 131 Å². The van der Waals surface area contributed by atoms with E-state index in [1.807, 2.05) is 0 Å². The Balaban J connectivity index is 1.98. The maximum atomic E-state index is 13.1. The van der Waals surface area contributed by atoms with Crippen molar-refractivity contribution in [2.45, 2.75) is 20.0 Å². The monoisotopic (exact) mass is 320 g/mol. The summed E-state index contributed by atoms with van der Waals surface area (Å²) < 4.78 is 36.1. The molecule has 0 saturated heterocycles. The topological polar surface area (TPSA) is 56.5 Å². The number of esters is 1. The molecule has 0 aliphatic carbocycles. The van der Waals surface area contributed by atoms with E-state index >= 15 is 0 Å². The van der Waals surface area contributed by atoms with Crippen molar-refractivity contribution in [2.75, 3.05) is 0 Å². The number of benzene rings is 1. The van der Waals surface area contributed by atoms with Crippen LogP contribution in [-0.2, 0) is 9.53 Å². The third kappa shape index (κ3) is 4.35. The molecule has 0 saturated carbocycles. The van der Waals surface area contributed by atoms with Crippen LogP contribution in [0.4, 0.5) is 8.78 Å². The predicted molar refractivity (Wildman–Crippen MR) is 78.7 cm³/mol. The highest BCUT2D eigenvalue weighted by atomic mass is 19.2. The minimum Gasteiger partial charge on any atom is -0.462 e. The molecule has 1 aromatic heterocycles. The highest BCUT2D eigenvalue weighted by molar-refractivity contribution is 6.01. The highest BCUT2D eigenvalue weighted by Gasteiger charge is 2.19. The SMILES string of the molecule is Cc1ccc(/C=C/C(=O)OC(C)C(=O)c2ccc(F)c(F)c2)o1. The van der Waals surface area contributed by atoms with Gasteiger partial charge in [-0.15, -0.1) is 0 Å². The number of hydrogen-bond acceptors (Lipinski definition) is 4. The van der Waals surface area contributed by atoms with Crippen LogP contribution >= 0.6 is 0 Å². The van der Waals surface area contributed by atoms with Crippen LogP contribution in [0, 0.1) is 18.6 Å². The van der Waals surface area contributed by atoms with Crippen molar-refractivity contribution >= 4 is 17.8 Å². The third-order valence-corrected chi connectivity index (χ3v) is 3.01. The van der Waals surface area contributed by atoms with Crippen molar-refractivity contribution in [3.63, 3.8) is 0 Å². The van der Waals surface area contributed by atoms with E-state index in [1.54, 1.807) is 19.1 Å². The van der Waals surface area contributed by atoms with Crippen LogP contribution < -0.4 is 0 Å². The van der Waals surface area contributed by atoms with Crippen LogP contribution in [0.5, 0.6) is 0 Å². The van der Waals surface area contributed by atoms with Gasteiger partial charge in [0.05, 0.1) is 0 Å². The summed E-state index contributed by atoms with van der Waals surface area (Å²) in [5.41, 5.74) is -0.0742. The molecule has 0 N–H and O–H groups in total. The fourth-order valence-corrected chi connectivity index (χ4v) is 1.84. The first-order chi connectivity index (χ1) is 10.9. The Hall–Kier alpha value is -2.76. The quantitative estimate of drug-likeness (QED) is 0.479. The standard InChI is InChI=1S/C17H14F2O4/c1-10-3-5-13(22-10)6-8-16(20)23-11(2)17(21)12-4-7-14(18)15(19)9-12/h3-9,11H,1-2H3/b8-6+. The van der Waals surface area contributed by atoms with Gasteiger partial charge < -0.3 is 9.15 Å². The zero-order valence-electron chi connectivity index (χ0n) is 12.5. The summed E-state index contributed by atoms with van der Waals surface area (Å²) in [6, 6.07) is 6.15. The lowest BCUT2D eigenvalue weighted by molar-refractivity contribution is -0.140. The molecule has 0 aliphatic heterocycles. The van der Waals surface area contributed by atoms with Crippen LogP contribution in [0.1, 0.15) is 28.8 Å². The largest absolute Gasteiger partial charge is 0.462 e. The normalized spacial score (nSPS) is 12.3. The molecular formula is C17H14F2O4. The molecule has 0 bridgehead atoms. The number of Topliss-reactive ketones (excluding diaryl/α,β-unsaturated/α-hetero) is 1. The van der Waals surface area contributed by atoms with Gasteiger partial charge in [-0.3, -0.25) is 4.79 Å². The number of hydrogen-bond donors (Lipinski definition) is 0.